The molecule has 0 aromatic heterocycles. The lowest BCUT2D eigenvalue weighted by molar-refractivity contribution is -0.116. The largest absolute Gasteiger partial charge is 0.376 e. The molecule has 0 fully saturated rings. The molecule has 0 heterocycles. The van der Waals surface area contributed by atoms with Crippen LogP contribution in [0.4, 0.5) is 11.4 Å². The minimum absolute atomic E-state index is 0.0144. The van der Waals surface area contributed by atoms with E-state index in [0.717, 1.165) is 16.9 Å². The summed E-state index contributed by atoms with van der Waals surface area (Å²) in [5.74, 6) is 0.351. The Kier molecular flexibility index (Phi) is 5.09. The van der Waals surface area contributed by atoms with Gasteiger partial charge in [0.05, 0.1) is 0 Å². The van der Waals surface area contributed by atoms with Gasteiger partial charge in [-0.1, -0.05) is 19.9 Å². The maximum Gasteiger partial charge on any atom is 0.224 e. The minimum atomic E-state index is 0.0144. The Balaban J connectivity index is 2.83. The number of carbonyl (C=O) groups excluding carboxylic acids is 1. The summed E-state index contributed by atoms with van der Waals surface area (Å²) < 4.78 is 0. The van der Waals surface area contributed by atoms with E-state index in [4.69, 9.17) is 18.0 Å². The summed E-state index contributed by atoms with van der Waals surface area (Å²) in [6, 6.07) is 5.57. The van der Waals surface area contributed by atoms with Crippen molar-refractivity contribution >= 4 is 34.6 Å². The molecule has 98 valence electrons. The van der Waals surface area contributed by atoms with Crippen molar-refractivity contribution in [3.05, 3.63) is 23.8 Å². The zero-order chi connectivity index (χ0) is 13.7. The van der Waals surface area contributed by atoms with Gasteiger partial charge >= 0.3 is 0 Å². The maximum atomic E-state index is 11.7. The van der Waals surface area contributed by atoms with E-state index in [1.807, 2.05) is 39.0 Å². The predicted octanol–water partition coefficient (Wildman–Crippen LogP) is 2.64. The molecule has 18 heavy (non-hydrogen) atoms. The fraction of sp³-hybridized carbons (Fsp3) is 0.385. The number of benzene rings is 1. The Hall–Kier alpha value is -1.62. The van der Waals surface area contributed by atoms with E-state index in [2.05, 4.69) is 10.6 Å². The lowest BCUT2D eigenvalue weighted by Gasteiger charge is -2.13. The van der Waals surface area contributed by atoms with Gasteiger partial charge in [0.2, 0.25) is 5.91 Å². The molecule has 0 atom stereocenters. The van der Waals surface area contributed by atoms with Crippen molar-refractivity contribution < 1.29 is 4.79 Å². The molecule has 1 amide bonds. The molecule has 4 nitrogen and oxygen atoms in total. The van der Waals surface area contributed by atoms with E-state index in [-0.39, 0.29) is 11.0 Å². The van der Waals surface area contributed by atoms with Crippen molar-refractivity contribution in [1.82, 2.24) is 0 Å². The molecule has 0 radical (unpaired) electrons. The topological polar surface area (TPSA) is 67.2 Å². The van der Waals surface area contributed by atoms with E-state index < -0.39 is 0 Å². The number of anilines is 2. The van der Waals surface area contributed by atoms with Crippen molar-refractivity contribution in [2.24, 2.45) is 11.7 Å². The number of nitrogens with two attached hydrogens (primary N) is 1. The van der Waals surface area contributed by atoms with Crippen molar-refractivity contribution in [1.29, 1.82) is 0 Å². The second-order valence-corrected chi connectivity index (χ2v) is 5.05. The third kappa shape index (κ3) is 4.33. The highest BCUT2D eigenvalue weighted by atomic mass is 32.1. The standard InChI is InChI=1S/C13H19N3OS/c1-8(2)7-12(17)15-10-5-4-6-11(9(10)3)16-13(14)18/h4-6,8H,7H2,1-3H3,(H,15,17)(H3,14,16,18). The second kappa shape index (κ2) is 6.35. The number of hydrogen-bond donors (Lipinski definition) is 3. The Morgan fingerprint density at radius 3 is 2.39 bits per heavy atom. The third-order valence-electron chi connectivity index (χ3n) is 2.46. The smallest absolute Gasteiger partial charge is 0.224 e. The lowest BCUT2D eigenvalue weighted by atomic mass is 10.1. The first kappa shape index (κ1) is 14.4. The summed E-state index contributed by atoms with van der Waals surface area (Å²) in [5.41, 5.74) is 7.95. The highest BCUT2D eigenvalue weighted by Crippen LogP contribution is 2.23. The lowest BCUT2D eigenvalue weighted by Crippen LogP contribution is -2.20. The minimum Gasteiger partial charge on any atom is -0.376 e. The van der Waals surface area contributed by atoms with Gasteiger partial charge in [-0.25, -0.2) is 0 Å². The van der Waals surface area contributed by atoms with Gasteiger partial charge in [-0.15, -0.1) is 0 Å². The first-order valence-corrected chi connectivity index (χ1v) is 6.27. The molecule has 0 saturated heterocycles. The van der Waals surface area contributed by atoms with Gasteiger partial charge in [0, 0.05) is 17.8 Å². The predicted molar refractivity (Wildman–Crippen MR) is 79.7 cm³/mol. The molecule has 0 saturated carbocycles. The zero-order valence-electron chi connectivity index (χ0n) is 10.9. The first-order chi connectivity index (χ1) is 8.40. The summed E-state index contributed by atoms with van der Waals surface area (Å²) in [6.45, 7) is 5.93. The average molecular weight is 265 g/mol. The Labute approximate surface area is 113 Å². The number of thiocarbonyl (C=S) groups is 1. The quantitative estimate of drug-likeness (QED) is 0.732. The number of carbonyl (C=O) groups is 1. The monoisotopic (exact) mass is 265 g/mol. The molecule has 1 aromatic rings. The van der Waals surface area contributed by atoms with Gasteiger partial charge in [-0.05, 0) is 42.8 Å². The van der Waals surface area contributed by atoms with Gasteiger partial charge < -0.3 is 16.4 Å². The van der Waals surface area contributed by atoms with Gasteiger partial charge in [-0.3, -0.25) is 4.79 Å². The van der Waals surface area contributed by atoms with E-state index in [0.29, 0.717) is 12.3 Å². The van der Waals surface area contributed by atoms with E-state index in [1.54, 1.807) is 0 Å². The van der Waals surface area contributed by atoms with Crippen molar-refractivity contribution in [3.8, 4) is 0 Å². The van der Waals surface area contributed by atoms with Gasteiger partial charge in [0.1, 0.15) is 0 Å². The highest BCUT2D eigenvalue weighted by molar-refractivity contribution is 7.80. The summed E-state index contributed by atoms with van der Waals surface area (Å²) in [5, 5.41) is 5.99. The van der Waals surface area contributed by atoms with Crippen LogP contribution in [0.2, 0.25) is 0 Å². The fourth-order valence-electron chi connectivity index (χ4n) is 1.61. The average Bonchev–Trinajstić information content (AvgIpc) is 2.22. The van der Waals surface area contributed by atoms with E-state index in [1.165, 1.54) is 0 Å². The molecule has 0 aliphatic heterocycles. The zero-order valence-corrected chi connectivity index (χ0v) is 11.7. The molecule has 5 heteroatoms. The molecule has 0 bridgehead atoms. The molecule has 4 N–H and O–H groups in total. The third-order valence-corrected chi connectivity index (χ3v) is 2.56. The molecular weight excluding hydrogens is 246 g/mol. The van der Waals surface area contributed by atoms with Crippen LogP contribution in [-0.2, 0) is 4.79 Å². The van der Waals surface area contributed by atoms with Gasteiger partial charge in [0.15, 0.2) is 5.11 Å². The molecule has 1 aromatic carbocycles. The Morgan fingerprint density at radius 2 is 1.89 bits per heavy atom. The van der Waals surface area contributed by atoms with E-state index >= 15 is 0 Å². The van der Waals surface area contributed by atoms with Crippen LogP contribution < -0.4 is 16.4 Å². The summed E-state index contributed by atoms with van der Waals surface area (Å²) >= 11 is 4.80. The summed E-state index contributed by atoms with van der Waals surface area (Å²) in [4.78, 5) is 11.7. The van der Waals surface area contributed by atoms with Gasteiger partial charge in [0.25, 0.3) is 0 Å². The molecule has 0 aliphatic rings. The van der Waals surface area contributed by atoms with Crippen LogP contribution in [0.25, 0.3) is 0 Å². The normalized spacial score (nSPS) is 10.2. The summed E-state index contributed by atoms with van der Waals surface area (Å²) in [6.07, 6.45) is 0.506. The Bertz CT molecular complexity index is 458. The summed E-state index contributed by atoms with van der Waals surface area (Å²) in [7, 11) is 0. The van der Waals surface area contributed by atoms with Crippen LogP contribution in [-0.4, -0.2) is 11.0 Å². The van der Waals surface area contributed by atoms with Crippen LogP contribution in [0, 0.1) is 12.8 Å². The number of nitrogens with one attached hydrogen (secondary N) is 2. The molecule has 1 rings (SSSR count). The van der Waals surface area contributed by atoms with Crippen LogP contribution in [0.5, 0.6) is 0 Å². The molecule has 0 unspecified atom stereocenters. The fourth-order valence-corrected chi connectivity index (χ4v) is 1.72. The van der Waals surface area contributed by atoms with Crippen LogP contribution in [0.3, 0.4) is 0 Å². The number of rotatable bonds is 4. The number of hydrogen-bond acceptors (Lipinski definition) is 2. The van der Waals surface area contributed by atoms with Crippen LogP contribution >= 0.6 is 12.2 Å². The SMILES string of the molecule is Cc1c(NC(=O)CC(C)C)cccc1NC(N)=S. The molecular formula is C13H19N3OS. The molecule has 0 spiro atoms. The number of amides is 1. The van der Waals surface area contributed by atoms with Crippen molar-refractivity contribution in [2.45, 2.75) is 27.2 Å². The van der Waals surface area contributed by atoms with E-state index in [9.17, 15) is 4.79 Å². The maximum absolute atomic E-state index is 11.7. The first-order valence-electron chi connectivity index (χ1n) is 5.86. The van der Waals surface area contributed by atoms with Crippen LogP contribution in [0.15, 0.2) is 18.2 Å². The highest BCUT2D eigenvalue weighted by Gasteiger charge is 2.09. The van der Waals surface area contributed by atoms with Crippen molar-refractivity contribution in [3.63, 3.8) is 0 Å². The Morgan fingerprint density at radius 1 is 1.33 bits per heavy atom. The van der Waals surface area contributed by atoms with Crippen molar-refractivity contribution in [2.75, 3.05) is 10.6 Å². The second-order valence-electron chi connectivity index (χ2n) is 4.61. The molecule has 0 aliphatic carbocycles. The van der Waals surface area contributed by atoms with Crippen LogP contribution in [0.1, 0.15) is 25.8 Å². The van der Waals surface area contributed by atoms with Gasteiger partial charge in [-0.2, -0.15) is 0 Å².